The fourth-order valence-corrected chi connectivity index (χ4v) is 4.98. The van der Waals surface area contributed by atoms with E-state index in [1.165, 1.54) is 29.6 Å². The van der Waals surface area contributed by atoms with Crippen LogP contribution >= 0.6 is 0 Å². The Bertz CT molecular complexity index is 1210. The van der Waals surface area contributed by atoms with E-state index >= 15 is 0 Å². The standard InChI is InChI=1S/C31H47N5O/c1-10-13-14-15-16-17-24-28(31(7,8)9)33-29-27(26(21(4)5)34-36(29)30(24)37)32-25-19-18-23(20-22(25)6)35(11-2)12-3/h18-21H,10-17H2,1-9H3. The third-order valence-electron chi connectivity index (χ3n) is 7.15. The van der Waals surface area contributed by atoms with Gasteiger partial charge < -0.3 is 4.90 Å². The van der Waals surface area contributed by atoms with Crippen LogP contribution in [0.5, 0.6) is 0 Å². The zero-order valence-corrected chi connectivity index (χ0v) is 24.6. The summed E-state index contributed by atoms with van der Waals surface area (Å²) in [7, 11) is 0. The van der Waals surface area contributed by atoms with Gasteiger partial charge in [-0.1, -0.05) is 67.2 Å². The van der Waals surface area contributed by atoms with Gasteiger partial charge in [0.15, 0.2) is 5.82 Å². The van der Waals surface area contributed by atoms with E-state index in [4.69, 9.17) is 15.1 Å². The predicted molar refractivity (Wildman–Crippen MR) is 158 cm³/mol. The van der Waals surface area contributed by atoms with Crippen LogP contribution in [-0.2, 0) is 11.8 Å². The van der Waals surface area contributed by atoms with Crippen LogP contribution in [0.3, 0.4) is 0 Å². The Balaban J connectivity index is 2.11. The molecular weight excluding hydrogens is 458 g/mol. The lowest BCUT2D eigenvalue weighted by Crippen LogP contribution is -2.31. The average molecular weight is 506 g/mol. The monoisotopic (exact) mass is 505 g/mol. The minimum absolute atomic E-state index is 0.0395. The molecule has 0 N–H and O–H groups in total. The highest BCUT2D eigenvalue weighted by molar-refractivity contribution is 6.49. The van der Waals surface area contributed by atoms with Gasteiger partial charge >= 0.3 is 0 Å². The molecule has 0 fully saturated rings. The second kappa shape index (κ2) is 12.2. The molecule has 0 amide bonds. The highest BCUT2D eigenvalue weighted by atomic mass is 16.1. The molecule has 0 atom stereocenters. The van der Waals surface area contributed by atoms with Crippen LogP contribution in [0.25, 0.3) is 0 Å². The number of benzene rings is 1. The van der Waals surface area contributed by atoms with E-state index in [1.54, 1.807) is 0 Å². The zero-order valence-electron chi connectivity index (χ0n) is 24.6. The zero-order chi connectivity index (χ0) is 27.3. The van der Waals surface area contributed by atoms with Gasteiger partial charge in [0.25, 0.3) is 5.56 Å². The summed E-state index contributed by atoms with van der Waals surface area (Å²) in [4.78, 5) is 26.4. The van der Waals surface area contributed by atoms with E-state index in [0.717, 1.165) is 60.6 Å². The molecule has 0 saturated carbocycles. The number of fused-ring (bicyclic) bond motifs is 1. The Labute approximate surface area is 223 Å². The van der Waals surface area contributed by atoms with Crippen molar-refractivity contribution in [1.82, 2.24) is 9.66 Å². The number of nitrogens with zero attached hydrogens (tertiary/aromatic N) is 5. The minimum atomic E-state index is -0.249. The fraction of sp³-hybridized carbons (Fsp3) is 0.613. The molecule has 6 heteroatoms. The van der Waals surface area contributed by atoms with Crippen molar-refractivity contribution in [1.29, 1.82) is 0 Å². The first-order chi connectivity index (χ1) is 17.5. The second-order valence-corrected chi connectivity index (χ2v) is 11.5. The molecular formula is C31H47N5O. The highest BCUT2D eigenvalue weighted by Crippen LogP contribution is 2.29. The van der Waals surface area contributed by atoms with E-state index < -0.39 is 0 Å². The summed E-state index contributed by atoms with van der Waals surface area (Å²) in [5, 5.41) is 4.79. The number of aryl methyl sites for hydroxylation is 1. The van der Waals surface area contributed by atoms with Crippen LogP contribution in [0.1, 0.15) is 110 Å². The lowest BCUT2D eigenvalue weighted by Gasteiger charge is -2.22. The minimum Gasteiger partial charge on any atom is -0.372 e. The summed E-state index contributed by atoms with van der Waals surface area (Å²) >= 11 is 0. The quantitative estimate of drug-likeness (QED) is 0.303. The van der Waals surface area contributed by atoms with E-state index in [2.05, 4.69) is 85.4 Å². The molecule has 37 heavy (non-hydrogen) atoms. The summed E-state index contributed by atoms with van der Waals surface area (Å²) in [5.41, 5.74) is 6.11. The Morgan fingerprint density at radius 3 is 2.27 bits per heavy atom. The Morgan fingerprint density at radius 2 is 1.70 bits per heavy atom. The molecule has 6 nitrogen and oxygen atoms in total. The Kier molecular flexibility index (Phi) is 9.49. The van der Waals surface area contributed by atoms with Gasteiger partial charge in [0.1, 0.15) is 5.71 Å². The van der Waals surface area contributed by atoms with Crippen LogP contribution in [0, 0.1) is 12.8 Å². The molecule has 2 heterocycles. The molecule has 1 aliphatic heterocycles. The molecule has 3 rings (SSSR count). The Morgan fingerprint density at radius 1 is 1.03 bits per heavy atom. The van der Waals surface area contributed by atoms with E-state index in [1.807, 2.05) is 0 Å². The maximum atomic E-state index is 13.8. The molecule has 0 aliphatic carbocycles. The van der Waals surface area contributed by atoms with E-state index in [9.17, 15) is 4.79 Å². The third kappa shape index (κ3) is 6.39. The second-order valence-electron chi connectivity index (χ2n) is 11.5. The summed E-state index contributed by atoms with van der Waals surface area (Å²) in [5.74, 6) is 0.686. The first-order valence-corrected chi connectivity index (χ1v) is 14.2. The molecule has 1 aliphatic rings. The average Bonchev–Trinajstić information content (AvgIpc) is 3.20. The number of anilines is 1. The van der Waals surface area contributed by atoms with Crippen molar-refractivity contribution >= 4 is 22.8 Å². The van der Waals surface area contributed by atoms with Crippen molar-refractivity contribution in [2.24, 2.45) is 16.0 Å². The Hall–Kier alpha value is -2.76. The summed E-state index contributed by atoms with van der Waals surface area (Å²) in [6.07, 6.45) is 6.54. The number of hydrogen-bond donors (Lipinski definition) is 0. The smallest absolute Gasteiger partial charge is 0.278 e. The van der Waals surface area contributed by atoms with Gasteiger partial charge in [0.2, 0.25) is 0 Å². The number of unbranched alkanes of at least 4 members (excludes halogenated alkanes) is 4. The lowest BCUT2D eigenvalue weighted by atomic mass is 9.87. The maximum absolute atomic E-state index is 13.8. The number of aromatic nitrogens is 2. The van der Waals surface area contributed by atoms with Crippen molar-refractivity contribution in [2.45, 2.75) is 106 Å². The predicted octanol–water partition coefficient (Wildman–Crippen LogP) is 7.20. The third-order valence-corrected chi connectivity index (χ3v) is 7.15. The molecule has 1 aromatic heterocycles. The lowest BCUT2D eigenvalue weighted by molar-refractivity contribution is 0.540. The number of hydrogen-bond acceptors (Lipinski definition) is 5. The van der Waals surface area contributed by atoms with Crippen LogP contribution < -0.4 is 10.5 Å². The normalized spacial score (nSPS) is 14.4. The van der Waals surface area contributed by atoms with Crippen LogP contribution in [0.4, 0.5) is 11.4 Å². The van der Waals surface area contributed by atoms with Crippen molar-refractivity contribution < 1.29 is 0 Å². The molecule has 0 unspecified atom stereocenters. The first-order valence-electron chi connectivity index (χ1n) is 14.2. The largest absolute Gasteiger partial charge is 0.372 e. The van der Waals surface area contributed by atoms with Crippen LogP contribution in [0.15, 0.2) is 33.1 Å². The molecule has 0 spiro atoms. The summed E-state index contributed by atoms with van der Waals surface area (Å²) in [6, 6.07) is 6.39. The molecule has 202 valence electrons. The van der Waals surface area contributed by atoms with Gasteiger partial charge in [-0.15, -0.1) is 0 Å². The molecule has 0 radical (unpaired) electrons. The maximum Gasteiger partial charge on any atom is 0.278 e. The van der Waals surface area contributed by atoms with Gasteiger partial charge in [-0.25, -0.2) is 9.98 Å². The molecule has 1 aromatic carbocycles. The topological polar surface area (TPSA) is 62.9 Å². The van der Waals surface area contributed by atoms with Crippen molar-refractivity contribution in [2.75, 3.05) is 18.0 Å². The van der Waals surface area contributed by atoms with Gasteiger partial charge in [-0.3, -0.25) is 4.79 Å². The van der Waals surface area contributed by atoms with Gasteiger partial charge in [0.05, 0.1) is 17.1 Å². The van der Waals surface area contributed by atoms with E-state index in [-0.39, 0.29) is 16.9 Å². The van der Waals surface area contributed by atoms with Crippen molar-refractivity contribution in [3.05, 3.63) is 51.2 Å². The number of aliphatic imine (C=N–C) groups is 1. The molecule has 2 aromatic rings. The van der Waals surface area contributed by atoms with Crippen LogP contribution in [0.2, 0.25) is 0 Å². The first kappa shape index (κ1) is 28.8. The SMILES string of the molecule is CCCCCCCc1c(C(C)(C)C)nc2n(c1=O)N=C(C(C)C)C2=Nc1ccc(N(CC)CC)cc1C. The van der Waals surface area contributed by atoms with E-state index in [0.29, 0.717) is 11.5 Å². The van der Waals surface area contributed by atoms with Gasteiger partial charge in [0, 0.05) is 29.8 Å². The summed E-state index contributed by atoms with van der Waals surface area (Å²) in [6.45, 7) is 21.2. The number of rotatable bonds is 11. The van der Waals surface area contributed by atoms with Crippen LogP contribution in [-0.4, -0.2) is 34.2 Å². The van der Waals surface area contributed by atoms with Gasteiger partial charge in [-0.05, 0) is 63.3 Å². The van der Waals surface area contributed by atoms with Crippen molar-refractivity contribution in [3.63, 3.8) is 0 Å². The molecule has 0 bridgehead atoms. The highest BCUT2D eigenvalue weighted by Gasteiger charge is 2.33. The molecule has 0 saturated heterocycles. The van der Waals surface area contributed by atoms with Crippen molar-refractivity contribution in [3.8, 4) is 0 Å². The van der Waals surface area contributed by atoms with Gasteiger partial charge in [-0.2, -0.15) is 9.78 Å². The summed E-state index contributed by atoms with van der Waals surface area (Å²) < 4.78 is 1.52. The fourth-order valence-electron chi connectivity index (χ4n) is 4.98.